The Morgan fingerprint density at radius 2 is 1.95 bits per heavy atom. The van der Waals surface area contributed by atoms with Gasteiger partial charge in [-0.05, 0) is 63.0 Å². The number of benzene rings is 1. The maximum absolute atomic E-state index is 8.92. The molecule has 4 nitrogen and oxygen atoms in total. The average molecular weight is 285 g/mol. The third-order valence-electron chi connectivity index (χ3n) is 4.46. The summed E-state index contributed by atoms with van der Waals surface area (Å²) in [6.07, 6.45) is 5.43. The van der Waals surface area contributed by atoms with Crippen molar-refractivity contribution in [3.63, 3.8) is 0 Å². The van der Waals surface area contributed by atoms with Crippen molar-refractivity contribution in [2.75, 3.05) is 24.5 Å². The highest BCUT2D eigenvalue weighted by molar-refractivity contribution is 5.51. The predicted molar refractivity (Wildman–Crippen MR) is 83.6 cm³/mol. The minimum absolute atomic E-state index is 0.343. The average Bonchev–Trinajstić information content (AvgIpc) is 2.98. The van der Waals surface area contributed by atoms with Gasteiger partial charge >= 0.3 is 0 Å². The van der Waals surface area contributed by atoms with Crippen LogP contribution >= 0.6 is 0 Å². The topological polar surface area (TPSA) is 48.3 Å². The molecular formula is C17H23N3O. The minimum Gasteiger partial charge on any atom is -0.490 e. The second-order valence-electron chi connectivity index (χ2n) is 5.91. The second kappa shape index (κ2) is 6.82. The lowest BCUT2D eigenvalue weighted by atomic mass is 10.1. The molecule has 0 radical (unpaired) electrons. The maximum atomic E-state index is 8.92. The van der Waals surface area contributed by atoms with Crippen LogP contribution in [-0.4, -0.2) is 31.8 Å². The van der Waals surface area contributed by atoms with Gasteiger partial charge in [-0.25, -0.2) is 0 Å². The fraction of sp³-hybridized carbons (Fsp3) is 0.588. The molecular weight excluding hydrogens is 262 g/mol. The summed E-state index contributed by atoms with van der Waals surface area (Å²) in [5.74, 6) is 0.960. The SMILES string of the molecule is N#CCC1CCCN1c1ccc(OC2CCNCC2)cc1. The summed E-state index contributed by atoms with van der Waals surface area (Å²) in [4.78, 5) is 2.36. The monoisotopic (exact) mass is 285 g/mol. The first-order valence-electron chi connectivity index (χ1n) is 7.98. The number of ether oxygens (including phenoxy) is 1. The maximum Gasteiger partial charge on any atom is 0.119 e. The molecule has 2 aliphatic rings. The number of anilines is 1. The van der Waals surface area contributed by atoms with Gasteiger partial charge in [0.15, 0.2) is 0 Å². The van der Waals surface area contributed by atoms with Crippen LogP contribution in [0.15, 0.2) is 24.3 Å². The van der Waals surface area contributed by atoms with Crippen LogP contribution in [0.2, 0.25) is 0 Å². The molecule has 2 fully saturated rings. The van der Waals surface area contributed by atoms with Crippen LogP contribution in [0.4, 0.5) is 5.69 Å². The van der Waals surface area contributed by atoms with Crippen LogP contribution in [0, 0.1) is 11.3 Å². The Balaban J connectivity index is 1.62. The van der Waals surface area contributed by atoms with Gasteiger partial charge in [0, 0.05) is 18.3 Å². The number of nitrogens with one attached hydrogen (secondary N) is 1. The molecule has 3 rings (SSSR count). The third-order valence-corrected chi connectivity index (χ3v) is 4.46. The fourth-order valence-corrected chi connectivity index (χ4v) is 3.32. The number of rotatable bonds is 4. The standard InChI is InChI=1S/C17H23N3O/c18-10-7-14-2-1-13-20(14)15-3-5-16(6-4-15)21-17-8-11-19-12-9-17/h3-6,14,17,19H,1-2,7-9,11-13H2. The molecule has 0 saturated carbocycles. The zero-order chi connectivity index (χ0) is 14.5. The van der Waals surface area contributed by atoms with Crippen molar-refractivity contribution in [3.05, 3.63) is 24.3 Å². The predicted octanol–water partition coefficient (Wildman–Crippen LogP) is 2.70. The van der Waals surface area contributed by atoms with Gasteiger partial charge in [-0.15, -0.1) is 0 Å². The Kier molecular flexibility index (Phi) is 4.62. The van der Waals surface area contributed by atoms with Crippen molar-refractivity contribution in [3.8, 4) is 11.8 Å². The van der Waals surface area contributed by atoms with Gasteiger partial charge in [-0.2, -0.15) is 5.26 Å². The van der Waals surface area contributed by atoms with Crippen LogP contribution in [-0.2, 0) is 0 Å². The van der Waals surface area contributed by atoms with Crippen LogP contribution in [0.5, 0.6) is 5.75 Å². The van der Waals surface area contributed by atoms with Gasteiger partial charge in [-0.3, -0.25) is 0 Å². The normalized spacial score (nSPS) is 23.0. The van der Waals surface area contributed by atoms with E-state index in [9.17, 15) is 0 Å². The molecule has 4 heteroatoms. The summed E-state index contributed by atoms with van der Waals surface area (Å²) in [6, 6.07) is 11.1. The Morgan fingerprint density at radius 1 is 1.19 bits per heavy atom. The van der Waals surface area contributed by atoms with Crippen LogP contribution < -0.4 is 15.0 Å². The van der Waals surface area contributed by atoms with E-state index in [1.54, 1.807) is 0 Å². The molecule has 1 aromatic carbocycles. The molecule has 1 aromatic rings. The summed E-state index contributed by atoms with van der Waals surface area (Å²) in [6.45, 7) is 3.15. The highest BCUT2D eigenvalue weighted by atomic mass is 16.5. The van der Waals surface area contributed by atoms with Crippen LogP contribution in [0.25, 0.3) is 0 Å². The number of piperidine rings is 1. The summed E-state index contributed by atoms with van der Waals surface area (Å²) >= 11 is 0. The summed E-state index contributed by atoms with van der Waals surface area (Å²) < 4.78 is 6.04. The molecule has 1 N–H and O–H groups in total. The van der Waals surface area contributed by atoms with E-state index in [0.29, 0.717) is 18.6 Å². The van der Waals surface area contributed by atoms with Crippen molar-refractivity contribution in [1.82, 2.24) is 5.32 Å². The molecule has 2 saturated heterocycles. The van der Waals surface area contributed by atoms with Gasteiger partial charge in [0.25, 0.3) is 0 Å². The smallest absolute Gasteiger partial charge is 0.119 e. The molecule has 0 amide bonds. The van der Waals surface area contributed by atoms with Crippen molar-refractivity contribution in [1.29, 1.82) is 5.26 Å². The van der Waals surface area contributed by atoms with E-state index in [1.807, 2.05) is 0 Å². The number of nitrogens with zero attached hydrogens (tertiary/aromatic N) is 2. The highest BCUT2D eigenvalue weighted by Crippen LogP contribution is 2.29. The molecule has 21 heavy (non-hydrogen) atoms. The zero-order valence-corrected chi connectivity index (χ0v) is 12.4. The van der Waals surface area contributed by atoms with E-state index in [1.165, 1.54) is 12.1 Å². The van der Waals surface area contributed by atoms with Crippen LogP contribution in [0.3, 0.4) is 0 Å². The molecule has 0 aromatic heterocycles. The van der Waals surface area contributed by atoms with Gasteiger partial charge < -0.3 is 15.0 Å². The van der Waals surface area contributed by atoms with Gasteiger partial charge in [-0.1, -0.05) is 0 Å². The van der Waals surface area contributed by atoms with Gasteiger partial charge in [0.1, 0.15) is 11.9 Å². The van der Waals surface area contributed by atoms with Crippen molar-refractivity contribution in [2.24, 2.45) is 0 Å². The summed E-state index contributed by atoms with van der Waals surface area (Å²) in [7, 11) is 0. The quantitative estimate of drug-likeness (QED) is 0.924. The largest absolute Gasteiger partial charge is 0.490 e. The molecule has 0 bridgehead atoms. The van der Waals surface area contributed by atoms with Gasteiger partial charge in [0.2, 0.25) is 0 Å². The molecule has 1 atom stereocenters. The summed E-state index contributed by atoms with van der Waals surface area (Å²) in [5.41, 5.74) is 1.21. The van der Waals surface area contributed by atoms with E-state index < -0.39 is 0 Å². The highest BCUT2D eigenvalue weighted by Gasteiger charge is 2.24. The van der Waals surface area contributed by atoms with E-state index >= 15 is 0 Å². The lowest BCUT2D eigenvalue weighted by Gasteiger charge is -2.26. The fourth-order valence-electron chi connectivity index (χ4n) is 3.32. The van der Waals surface area contributed by atoms with E-state index in [4.69, 9.17) is 10.00 Å². The lowest BCUT2D eigenvalue weighted by molar-refractivity contribution is 0.162. The Hall–Kier alpha value is -1.73. The molecule has 0 aliphatic carbocycles. The Labute approximate surface area is 126 Å². The number of hydrogen-bond acceptors (Lipinski definition) is 4. The van der Waals surface area contributed by atoms with E-state index in [2.05, 4.69) is 40.6 Å². The third kappa shape index (κ3) is 3.48. The number of nitriles is 1. The minimum atomic E-state index is 0.343. The Morgan fingerprint density at radius 3 is 2.67 bits per heavy atom. The van der Waals surface area contributed by atoms with Crippen molar-refractivity contribution < 1.29 is 4.74 Å². The first-order valence-corrected chi connectivity index (χ1v) is 7.98. The van der Waals surface area contributed by atoms with Gasteiger partial charge in [0.05, 0.1) is 12.5 Å². The first-order chi connectivity index (χ1) is 10.4. The van der Waals surface area contributed by atoms with E-state index in [-0.39, 0.29) is 0 Å². The molecule has 112 valence electrons. The number of hydrogen-bond donors (Lipinski definition) is 1. The lowest BCUT2D eigenvalue weighted by Crippen LogP contribution is -2.34. The van der Waals surface area contributed by atoms with E-state index in [0.717, 1.165) is 44.6 Å². The Bertz CT molecular complexity index is 488. The van der Waals surface area contributed by atoms with Crippen molar-refractivity contribution in [2.45, 2.75) is 44.2 Å². The first kappa shape index (κ1) is 14.2. The molecule has 0 spiro atoms. The molecule has 1 unspecified atom stereocenters. The second-order valence-corrected chi connectivity index (χ2v) is 5.91. The van der Waals surface area contributed by atoms with Crippen molar-refractivity contribution >= 4 is 5.69 Å². The zero-order valence-electron chi connectivity index (χ0n) is 12.4. The molecule has 2 heterocycles. The molecule has 2 aliphatic heterocycles. The summed E-state index contributed by atoms with van der Waals surface area (Å²) in [5, 5.41) is 12.3. The van der Waals surface area contributed by atoms with Crippen LogP contribution in [0.1, 0.15) is 32.1 Å².